The molecule has 1 aliphatic rings. The van der Waals surface area contributed by atoms with Gasteiger partial charge in [-0.15, -0.1) is 0 Å². The fraction of sp³-hybridized carbons (Fsp3) is 0.481. The summed E-state index contributed by atoms with van der Waals surface area (Å²) in [5, 5.41) is 2.93. The van der Waals surface area contributed by atoms with E-state index in [9.17, 15) is 18.0 Å². The molecule has 3 rings (SSSR count). The summed E-state index contributed by atoms with van der Waals surface area (Å²) in [7, 11) is -3.49. The molecular weight excluding hydrogens is 462 g/mol. The lowest BCUT2D eigenvalue weighted by molar-refractivity contribution is -0.116. The lowest BCUT2D eigenvalue weighted by Gasteiger charge is -2.33. The van der Waals surface area contributed by atoms with Crippen molar-refractivity contribution in [2.24, 2.45) is 0 Å². The third-order valence-corrected chi connectivity index (χ3v) is 8.78. The number of benzene rings is 2. The number of anilines is 1. The van der Waals surface area contributed by atoms with Crippen molar-refractivity contribution in [1.29, 1.82) is 0 Å². The number of nitrogens with one attached hydrogen (secondary N) is 1. The van der Waals surface area contributed by atoms with Crippen molar-refractivity contribution >= 4 is 27.5 Å². The molecule has 7 nitrogen and oxygen atoms in total. The van der Waals surface area contributed by atoms with Crippen molar-refractivity contribution in [1.82, 2.24) is 9.21 Å². The first-order chi connectivity index (χ1) is 16.7. The highest BCUT2D eigenvalue weighted by Gasteiger charge is 2.24. The first-order valence-corrected chi connectivity index (χ1v) is 13.9. The van der Waals surface area contributed by atoms with E-state index in [1.165, 1.54) is 4.31 Å². The van der Waals surface area contributed by atoms with Crippen molar-refractivity contribution in [3.8, 4) is 0 Å². The maximum Gasteiger partial charge on any atom is 0.254 e. The third-order valence-electron chi connectivity index (χ3n) is 6.72. The van der Waals surface area contributed by atoms with Crippen LogP contribution in [0.2, 0.25) is 0 Å². The van der Waals surface area contributed by atoms with E-state index < -0.39 is 10.0 Å². The van der Waals surface area contributed by atoms with E-state index in [0.717, 1.165) is 36.9 Å². The Morgan fingerprint density at radius 2 is 1.74 bits per heavy atom. The molecule has 2 amide bonds. The molecule has 1 unspecified atom stereocenters. The summed E-state index contributed by atoms with van der Waals surface area (Å²) in [5.41, 5.74) is 3.08. The first-order valence-electron chi connectivity index (χ1n) is 12.5. The van der Waals surface area contributed by atoms with Crippen LogP contribution in [0.15, 0.2) is 47.4 Å². The molecule has 2 aromatic carbocycles. The molecule has 0 aromatic heterocycles. The lowest BCUT2D eigenvalue weighted by Crippen LogP contribution is -2.42. The van der Waals surface area contributed by atoms with Gasteiger partial charge in [0.1, 0.15) is 0 Å². The van der Waals surface area contributed by atoms with Gasteiger partial charge in [0.15, 0.2) is 0 Å². The second kappa shape index (κ2) is 11.8. The summed E-state index contributed by atoms with van der Waals surface area (Å²) in [5.74, 6) is -0.0821. The number of nitrogens with zero attached hydrogens (tertiary/aromatic N) is 2. The summed E-state index contributed by atoms with van der Waals surface area (Å²) >= 11 is 0. The Labute approximate surface area is 209 Å². The van der Waals surface area contributed by atoms with Crippen LogP contribution in [0.1, 0.15) is 67.9 Å². The second-order valence-electron chi connectivity index (χ2n) is 9.15. The number of hydrogen-bond acceptors (Lipinski definition) is 4. The zero-order valence-electron chi connectivity index (χ0n) is 21.2. The summed E-state index contributed by atoms with van der Waals surface area (Å²) in [6.45, 7) is 9.25. The Kier molecular flexibility index (Phi) is 9.08. The molecule has 1 aliphatic heterocycles. The highest BCUT2D eigenvalue weighted by Crippen LogP contribution is 2.23. The molecule has 2 aromatic rings. The molecule has 0 radical (unpaired) electrons. The molecule has 1 atom stereocenters. The number of carbonyl (C=O) groups is 2. The van der Waals surface area contributed by atoms with Crippen molar-refractivity contribution in [2.45, 2.75) is 70.7 Å². The maximum atomic E-state index is 12.9. The van der Waals surface area contributed by atoms with Gasteiger partial charge in [-0.3, -0.25) is 9.59 Å². The van der Waals surface area contributed by atoms with Crippen LogP contribution in [0.3, 0.4) is 0 Å². The van der Waals surface area contributed by atoms with Crippen LogP contribution in [0.4, 0.5) is 5.69 Å². The highest BCUT2D eigenvalue weighted by atomic mass is 32.2. The normalized spacial score (nSPS) is 16.4. The molecule has 0 saturated carbocycles. The van der Waals surface area contributed by atoms with Crippen LogP contribution in [-0.2, 0) is 21.2 Å². The lowest BCUT2D eigenvalue weighted by atomic mass is 10.0. The number of sulfonamides is 1. The fourth-order valence-corrected chi connectivity index (χ4v) is 5.97. The molecule has 1 fully saturated rings. The standard InChI is InChI=1S/C27H37N3O4S/c1-5-29(6-2)35(33,34)24-14-10-22(11-15-24)12-17-26(31)28-25-16-13-23(19-20(25)3)27(32)30-18-8-7-9-21(30)4/h10-11,13-16,19,21H,5-9,12,17-18H2,1-4H3,(H,28,31). The molecule has 1 N–H and O–H groups in total. The Hall–Kier alpha value is -2.71. The van der Waals surface area contributed by atoms with Crippen molar-refractivity contribution in [2.75, 3.05) is 25.0 Å². The Bertz CT molecular complexity index is 1140. The number of rotatable bonds is 9. The van der Waals surface area contributed by atoms with Gasteiger partial charge in [0, 0.05) is 43.3 Å². The molecule has 8 heteroatoms. The fourth-order valence-electron chi connectivity index (χ4n) is 4.51. The smallest absolute Gasteiger partial charge is 0.254 e. The van der Waals surface area contributed by atoms with Crippen LogP contribution in [0.5, 0.6) is 0 Å². The van der Waals surface area contributed by atoms with E-state index in [4.69, 9.17) is 0 Å². The van der Waals surface area contributed by atoms with E-state index in [-0.39, 0.29) is 29.2 Å². The number of carbonyl (C=O) groups excluding carboxylic acids is 2. The van der Waals surface area contributed by atoms with Gasteiger partial charge in [-0.25, -0.2) is 8.42 Å². The average molecular weight is 500 g/mol. The van der Waals surface area contributed by atoms with Gasteiger partial charge in [0.05, 0.1) is 4.90 Å². The van der Waals surface area contributed by atoms with Gasteiger partial charge in [0.2, 0.25) is 15.9 Å². The predicted octanol–water partition coefficient (Wildman–Crippen LogP) is 4.61. The van der Waals surface area contributed by atoms with Crippen molar-refractivity contribution < 1.29 is 18.0 Å². The monoisotopic (exact) mass is 499 g/mol. The Morgan fingerprint density at radius 1 is 1.06 bits per heavy atom. The van der Waals surface area contributed by atoms with E-state index in [0.29, 0.717) is 30.8 Å². The summed E-state index contributed by atoms with van der Waals surface area (Å²) in [6, 6.07) is 12.4. The van der Waals surface area contributed by atoms with Gasteiger partial charge < -0.3 is 10.2 Å². The van der Waals surface area contributed by atoms with Crippen molar-refractivity contribution in [3.63, 3.8) is 0 Å². The van der Waals surface area contributed by atoms with Gasteiger partial charge in [-0.1, -0.05) is 26.0 Å². The summed E-state index contributed by atoms with van der Waals surface area (Å²) < 4.78 is 26.7. The van der Waals surface area contributed by atoms with Crippen LogP contribution < -0.4 is 5.32 Å². The highest BCUT2D eigenvalue weighted by molar-refractivity contribution is 7.89. The van der Waals surface area contributed by atoms with Gasteiger partial charge >= 0.3 is 0 Å². The number of piperidine rings is 1. The number of likely N-dealkylation sites (tertiary alicyclic amines) is 1. The third kappa shape index (κ3) is 6.49. The second-order valence-corrected chi connectivity index (χ2v) is 11.1. The van der Waals surface area contributed by atoms with E-state index >= 15 is 0 Å². The first kappa shape index (κ1) is 26.9. The summed E-state index contributed by atoms with van der Waals surface area (Å²) in [4.78, 5) is 27.7. The van der Waals surface area contributed by atoms with Crippen LogP contribution in [-0.4, -0.2) is 55.1 Å². The molecule has 190 valence electrons. The quantitative estimate of drug-likeness (QED) is 0.546. The zero-order chi connectivity index (χ0) is 25.6. The zero-order valence-corrected chi connectivity index (χ0v) is 22.0. The number of hydrogen-bond donors (Lipinski definition) is 1. The molecule has 35 heavy (non-hydrogen) atoms. The van der Waals surface area contributed by atoms with Crippen LogP contribution in [0, 0.1) is 6.92 Å². The predicted molar refractivity (Wildman–Crippen MR) is 139 cm³/mol. The van der Waals surface area contributed by atoms with Crippen LogP contribution >= 0.6 is 0 Å². The molecular formula is C27H37N3O4S. The van der Waals surface area contributed by atoms with E-state index in [1.54, 1.807) is 36.4 Å². The molecule has 0 spiro atoms. The summed E-state index contributed by atoms with van der Waals surface area (Å²) in [6.07, 6.45) is 4.01. The van der Waals surface area contributed by atoms with Gasteiger partial charge in [-0.2, -0.15) is 4.31 Å². The molecule has 1 heterocycles. The Morgan fingerprint density at radius 3 is 2.34 bits per heavy atom. The van der Waals surface area contributed by atoms with E-state index in [1.807, 2.05) is 31.7 Å². The van der Waals surface area contributed by atoms with Crippen LogP contribution in [0.25, 0.3) is 0 Å². The van der Waals surface area contributed by atoms with Gasteiger partial charge in [0.25, 0.3) is 5.91 Å². The minimum atomic E-state index is -3.49. The number of aryl methyl sites for hydroxylation is 2. The SMILES string of the molecule is CCN(CC)S(=O)(=O)c1ccc(CCC(=O)Nc2ccc(C(=O)N3CCCCC3C)cc2C)cc1. The molecule has 0 aliphatic carbocycles. The molecule has 1 saturated heterocycles. The largest absolute Gasteiger partial charge is 0.336 e. The minimum Gasteiger partial charge on any atom is -0.336 e. The average Bonchev–Trinajstić information content (AvgIpc) is 2.84. The topological polar surface area (TPSA) is 86.8 Å². The minimum absolute atomic E-state index is 0.0460. The molecule has 0 bridgehead atoms. The maximum absolute atomic E-state index is 12.9. The number of amides is 2. The van der Waals surface area contributed by atoms with Crippen molar-refractivity contribution in [3.05, 3.63) is 59.2 Å². The Balaban J connectivity index is 1.57. The van der Waals surface area contributed by atoms with Gasteiger partial charge in [-0.05, 0) is 81.0 Å². The van der Waals surface area contributed by atoms with E-state index in [2.05, 4.69) is 12.2 Å².